The van der Waals surface area contributed by atoms with E-state index >= 15 is 0 Å². The lowest BCUT2D eigenvalue weighted by molar-refractivity contribution is 0.482. The van der Waals surface area contributed by atoms with Crippen LogP contribution in [0.4, 0.5) is 5.95 Å². The second-order valence-electron chi connectivity index (χ2n) is 4.42. The van der Waals surface area contributed by atoms with Gasteiger partial charge in [0.25, 0.3) is 0 Å². The van der Waals surface area contributed by atoms with E-state index in [1.54, 1.807) is 12.3 Å². The average molecular weight is 252 g/mol. The zero-order valence-electron chi connectivity index (χ0n) is 10.6. The maximum atomic E-state index is 5.53. The molecule has 3 N–H and O–H groups in total. The topological polar surface area (TPSA) is 63.8 Å². The molecule has 2 atom stereocenters. The molecule has 0 aliphatic heterocycles. The minimum absolute atomic E-state index is 0.296. The lowest BCUT2D eigenvalue weighted by atomic mass is 10.0. The summed E-state index contributed by atoms with van der Waals surface area (Å²) >= 11 is 4.88. The summed E-state index contributed by atoms with van der Waals surface area (Å²) in [5.41, 5.74) is 6.13. The lowest BCUT2D eigenvalue weighted by Crippen LogP contribution is -2.21. The zero-order valence-corrected chi connectivity index (χ0v) is 11.4. The van der Waals surface area contributed by atoms with E-state index in [0.29, 0.717) is 28.6 Å². The highest BCUT2D eigenvalue weighted by Gasteiger charge is 2.09. The molecule has 0 spiro atoms. The Kier molecular flexibility index (Phi) is 5.28. The number of nitrogens with zero attached hydrogens (tertiary/aromatic N) is 2. The van der Waals surface area contributed by atoms with Crippen LogP contribution in [0.15, 0.2) is 12.3 Å². The summed E-state index contributed by atoms with van der Waals surface area (Å²) in [6, 6.07) is 2.05. The zero-order chi connectivity index (χ0) is 12.8. The van der Waals surface area contributed by atoms with Crippen LogP contribution in [0, 0.1) is 5.92 Å². The average Bonchev–Trinajstić information content (AvgIpc) is 2.28. The van der Waals surface area contributed by atoms with Crippen molar-refractivity contribution >= 4 is 23.2 Å². The summed E-state index contributed by atoms with van der Waals surface area (Å²) in [4.78, 5) is 8.71. The van der Waals surface area contributed by atoms with Gasteiger partial charge in [-0.3, -0.25) is 0 Å². The van der Waals surface area contributed by atoms with Gasteiger partial charge < -0.3 is 11.1 Å². The first-order chi connectivity index (χ1) is 8.02. The summed E-state index contributed by atoms with van der Waals surface area (Å²) in [6.45, 7) is 6.56. The number of hydrogen-bond acceptors (Lipinski definition) is 4. The molecule has 1 aromatic heterocycles. The summed E-state index contributed by atoms with van der Waals surface area (Å²) < 4.78 is 0. The van der Waals surface area contributed by atoms with E-state index in [-0.39, 0.29) is 0 Å². The molecule has 0 aliphatic carbocycles. The highest BCUT2D eigenvalue weighted by atomic mass is 32.1. The predicted molar refractivity (Wildman–Crippen MR) is 75.1 cm³/mol. The molecule has 17 heavy (non-hydrogen) atoms. The molecule has 0 aliphatic rings. The maximum Gasteiger partial charge on any atom is 0.223 e. The van der Waals surface area contributed by atoms with Crippen LogP contribution in [0.5, 0.6) is 0 Å². The molecule has 1 heterocycles. The standard InChI is InChI=1S/C12H20N4S/c1-4-8(2)7-9(3)15-12-14-6-5-10(16-12)11(13)17/h5-6,8-9H,4,7H2,1-3H3,(H2,13,17)(H,14,15,16). The third-order valence-electron chi connectivity index (χ3n) is 2.74. The molecule has 0 aromatic carbocycles. The van der Waals surface area contributed by atoms with Crippen molar-refractivity contribution in [3.8, 4) is 0 Å². The molecular weight excluding hydrogens is 232 g/mol. The molecule has 2 unspecified atom stereocenters. The Bertz CT molecular complexity index is 381. The van der Waals surface area contributed by atoms with Crippen LogP contribution in [0.2, 0.25) is 0 Å². The van der Waals surface area contributed by atoms with Crippen LogP contribution in [-0.2, 0) is 0 Å². The van der Waals surface area contributed by atoms with Gasteiger partial charge in [-0.25, -0.2) is 9.97 Å². The Hall–Kier alpha value is -1.23. The third-order valence-corrected chi connectivity index (χ3v) is 2.95. The fourth-order valence-electron chi connectivity index (χ4n) is 1.62. The number of nitrogens with two attached hydrogens (primary N) is 1. The number of thiocarbonyl (C=S) groups is 1. The molecule has 94 valence electrons. The Morgan fingerprint density at radius 3 is 2.82 bits per heavy atom. The molecule has 5 heteroatoms. The van der Waals surface area contributed by atoms with E-state index in [1.807, 2.05) is 0 Å². The molecule has 1 aromatic rings. The largest absolute Gasteiger partial charge is 0.388 e. The van der Waals surface area contributed by atoms with Gasteiger partial charge in [0, 0.05) is 12.2 Å². The van der Waals surface area contributed by atoms with Crippen LogP contribution in [0.3, 0.4) is 0 Å². The third kappa shape index (κ3) is 4.65. The van der Waals surface area contributed by atoms with Gasteiger partial charge in [0.05, 0.1) is 0 Å². The smallest absolute Gasteiger partial charge is 0.223 e. The number of anilines is 1. The highest BCUT2D eigenvalue weighted by Crippen LogP contribution is 2.12. The molecule has 1 rings (SSSR count). The molecular formula is C12H20N4S. The van der Waals surface area contributed by atoms with E-state index < -0.39 is 0 Å². The normalized spacial score (nSPS) is 14.1. The van der Waals surface area contributed by atoms with Crippen LogP contribution in [0.1, 0.15) is 39.3 Å². The van der Waals surface area contributed by atoms with Gasteiger partial charge in [0.2, 0.25) is 5.95 Å². The lowest BCUT2D eigenvalue weighted by Gasteiger charge is -2.17. The second-order valence-corrected chi connectivity index (χ2v) is 4.86. The Balaban J connectivity index is 2.62. The van der Waals surface area contributed by atoms with E-state index in [4.69, 9.17) is 18.0 Å². The number of hydrogen-bond donors (Lipinski definition) is 2. The number of rotatable bonds is 6. The van der Waals surface area contributed by atoms with Crippen molar-refractivity contribution in [3.05, 3.63) is 18.0 Å². The van der Waals surface area contributed by atoms with Gasteiger partial charge in [-0.15, -0.1) is 0 Å². The van der Waals surface area contributed by atoms with E-state index in [9.17, 15) is 0 Å². The molecule has 0 bridgehead atoms. The minimum atomic E-state index is 0.296. The molecule has 0 saturated heterocycles. The van der Waals surface area contributed by atoms with E-state index in [2.05, 4.69) is 36.1 Å². The summed E-state index contributed by atoms with van der Waals surface area (Å²) in [5.74, 6) is 1.28. The minimum Gasteiger partial charge on any atom is -0.388 e. The number of aromatic nitrogens is 2. The highest BCUT2D eigenvalue weighted by molar-refractivity contribution is 7.80. The van der Waals surface area contributed by atoms with Crippen molar-refractivity contribution in [2.75, 3.05) is 5.32 Å². The summed E-state index contributed by atoms with van der Waals surface area (Å²) in [6.07, 6.45) is 3.94. The van der Waals surface area contributed by atoms with Gasteiger partial charge in [-0.05, 0) is 25.3 Å². The predicted octanol–water partition coefficient (Wildman–Crippen LogP) is 2.35. The van der Waals surface area contributed by atoms with E-state index in [1.165, 1.54) is 6.42 Å². The van der Waals surface area contributed by atoms with Gasteiger partial charge in [0.1, 0.15) is 10.7 Å². The van der Waals surface area contributed by atoms with Gasteiger partial charge in [0.15, 0.2) is 0 Å². The van der Waals surface area contributed by atoms with Gasteiger partial charge in [-0.1, -0.05) is 32.5 Å². The summed E-state index contributed by atoms with van der Waals surface area (Å²) in [5, 5.41) is 3.26. The molecule has 0 amide bonds. The Morgan fingerprint density at radius 1 is 1.53 bits per heavy atom. The van der Waals surface area contributed by atoms with Crippen LogP contribution in [0.25, 0.3) is 0 Å². The van der Waals surface area contributed by atoms with Crippen LogP contribution >= 0.6 is 12.2 Å². The fourth-order valence-corrected chi connectivity index (χ4v) is 1.73. The first-order valence-corrected chi connectivity index (χ1v) is 6.33. The molecule has 0 radical (unpaired) electrons. The molecule has 0 fully saturated rings. The van der Waals surface area contributed by atoms with Crippen molar-refractivity contribution in [3.63, 3.8) is 0 Å². The maximum absolute atomic E-state index is 5.53. The van der Waals surface area contributed by atoms with E-state index in [0.717, 1.165) is 6.42 Å². The van der Waals surface area contributed by atoms with Crippen molar-refractivity contribution < 1.29 is 0 Å². The monoisotopic (exact) mass is 252 g/mol. The SMILES string of the molecule is CCC(C)CC(C)Nc1nccc(C(N)=S)n1. The first-order valence-electron chi connectivity index (χ1n) is 5.92. The van der Waals surface area contributed by atoms with Crippen LogP contribution < -0.4 is 11.1 Å². The van der Waals surface area contributed by atoms with Gasteiger partial charge >= 0.3 is 0 Å². The molecule has 4 nitrogen and oxygen atoms in total. The van der Waals surface area contributed by atoms with Crippen molar-refractivity contribution in [1.82, 2.24) is 9.97 Å². The quantitative estimate of drug-likeness (QED) is 0.761. The van der Waals surface area contributed by atoms with Crippen molar-refractivity contribution in [2.24, 2.45) is 11.7 Å². The van der Waals surface area contributed by atoms with Gasteiger partial charge in [-0.2, -0.15) is 0 Å². The Morgan fingerprint density at radius 2 is 2.24 bits per heavy atom. The molecule has 0 saturated carbocycles. The van der Waals surface area contributed by atoms with Crippen LogP contribution in [-0.4, -0.2) is 21.0 Å². The Labute approximate surface area is 108 Å². The van der Waals surface area contributed by atoms with Crippen molar-refractivity contribution in [2.45, 2.75) is 39.7 Å². The van der Waals surface area contributed by atoms with Crippen molar-refractivity contribution in [1.29, 1.82) is 0 Å². The fraction of sp³-hybridized carbons (Fsp3) is 0.583. The second kappa shape index (κ2) is 6.49. The number of nitrogens with one attached hydrogen (secondary N) is 1. The summed E-state index contributed by atoms with van der Waals surface area (Å²) in [7, 11) is 0. The first kappa shape index (κ1) is 13.8.